The highest BCUT2D eigenvalue weighted by molar-refractivity contribution is 7.92. The van der Waals surface area contributed by atoms with E-state index in [1.165, 1.54) is 43.0 Å². The van der Waals surface area contributed by atoms with E-state index in [-0.39, 0.29) is 47.6 Å². The van der Waals surface area contributed by atoms with Gasteiger partial charge in [-0.05, 0) is 43.2 Å². The topological polar surface area (TPSA) is 148 Å². The number of carbonyl (C=O) groups excluding carboxylic acids is 1. The molecule has 1 heterocycles. The van der Waals surface area contributed by atoms with E-state index in [1.807, 2.05) is 20.8 Å². The van der Waals surface area contributed by atoms with E-state index in [1.54, 1.807) is 24.3 Å². The maximum absolute atomic E-state index is 13.7. The van der Waals surface area contributed by atoms with Crippen LogP contribution in [0.25, 0.3) is 0 Å². The molecule has 0 saturated carbocycles. The maximum atomic E-state index is 13.7. The minimum Gasteiger partial charge on any atom is -0.383 e. The number of aryl methyl sites for hydroxylation is 1. The molecule has 0 atom stereocenters. The van der Waals surface area contributed by atoms with Crippen LogP contribution in [0.2, 0.25) is 0 Å². The minimum atomic E-state index is -4.01. The Kier molecular flexibility index (Phi) is 8.79. The summed E-state index contributed by atoms with van der Waals surface area (Å²) in [7, 11) is -1.15. The fourth-order valence-electron chi connectivity index (χ4n) is 3.88. The van der Waals surface area contributed by atoms with Gasteiger partial charge in [-0.2, -0.15) is 0 Å². The molecule has 0 aliphatic rings. The van der Waals surface area contributed by atoms with Crippen LogP contribution in [0.4, 0.5) is 17.2 Å². The first-order valence-electron chi connectivity index (χ1n) is 12.0. The number of aromatic nitrogens is 2. The lowest BCUT2D eigenvalue weighted by atomic mass is 10.2. The number of ether oxygens (including phenoxy) is 1. The zero-order chi connectivity index (χ0) is 28.2. The fraction of sp³-hybridized carbons (Fsp3) is 0.346. The van der Waals surface area contributed by atoms with Gasteiger partial charge < -0.3 is 10.5 Å². The summed E-state index contributed by atoms with van der Waals surface area (Å²) in [5.74, 6) is -0.812. The first-order chi connectivity index (χ1) is 17.9. The number of nitrogens with zero attached hydrogens (tertiary/aromatic N) is 3. The van der Waals surface area contributed by atoms with Crippen LogP contribution in [-0.2, 0) is 21.3 Å². The number of nitrogen functional groups attached to an aromatic ring is 1. The third kappa shape index (κ3) is 5.97. The zero-order valence-electron chi connectivity index (χ0n) is 22.1. The van der Waals surface area contributed by atoms with Crippen LogP contribution < -0.4 is 26.2 Å². The van der Waals surface area contributed by atoms with Crippen LogP contribution in [0.15, 0.2) is 63.0 Å². The Labute approximate surface area is 221 Å². The van der Waals surface area contributed by atoms with Gasteiger partial charge in [0.2, 0.25) is 0 Å². The number of nitrogens with one attached hydrogen (secondary N) is 1. The van der Waals surface area contributed by atoms with Gasteiger partial charge in [-0.15, -0.1) is 0 Å². The molecule has 0 spiro atoms. The lowest BCUT2D eigenvalue weighted by Crippen LogP contribution is -2.43. The second-order valence-electron chi connectivity index (χ2n) is 9.28. The summed E-state index contributed by atoms with van der Waals surface area (Å²) in [6, 6.07) is 12.5. The van der Waals surface area contributed by atoms with Crippen molar-refractivity contribution in [3.63, 3.8) is 0 Å². The molecule has 1 aromatic heterocycles. The van der Waals surface area contributed by atoms with E-state index in [9.17, 15) is 22.8 Å². The number of benzene rings is 2. The number of methoxy groups -OCH3 is 1. The van der Waals surface area contributed by atoms with Gasteiger partial charge in [0.25, 0.3) is 21.5 Å². The summed E-state index contributed by atoms with van der Waals surface area (Å²) in [6.07, 6.45) is 0. The number of carbonyl (C=O) groups is 1. The van der Waals surface area contributed by atoms with Crippen molar-refractivity contribution in [3.8, 4) is 0 Å². The van der Waals surface area contributed by atoms with Crippen LogP contribution in [0, 0.1) is 12.8 Å². The molecule has 3 aromatic rings. The van der Waals surface area contributed by atoms with Crippen LogP contribution in [0.5, 0.6) is 0 Å². The van der Waals surface area contributed by atoms with Crippen molar-refractivity contribution in [2.45, 2.75) is 32.2 Å². The van der Waals surface area contributed by atoms with Crippen molar-refractivity contribution in [2.75, 3.05) is 42.2 Å². The Morgan fingerprint density at radius 2 is 1.79 bits per heavy atom. The number of sulfonamides is 1. The lowest BCUT2D eigenvalue weighted by molar-refractivity contribution is 0.0975. The number of nitrogens with two attached hydrogens (primary N) is 1. The second kappa shape index (κ2) is 11.7. The first-order valence-corrected chi connectivity index (χ1v) is 13.4. The second-order valence-corrected chi connectivity index (χ2v) is 11.3. The van der Waals surface area contributed by atoms with Gasteiger partial charge in [0.05, 0.1) is 17.2 Å². The van der Waals surface area contributed by atoms with Crippen LogP contribution in [-0.4, -0.2) is 51.2 Å². The van der Waals surface area contributed by atoms with Gasteiger partial charge in [-0.3, -0.25) is 28.3 Å². The summed E-state index contributed by atoms with van der Waals surface area (Å²) in [4.78, 5) is 42.2. The Bertz CT molecular complexity index is 1530. The summed E-state index contributed by atoms with van der Waals surface area (Å²) >= 11 is 0. The Morgan fingerprint density at radius 1 is 1.13 bits per heavy atom. The molecule has 0 bridgehead atoms. The van der Waals surface area contributed by atoms with Crippen molar-refractivity contribution >= 4 is 33.1 Å². The number of hydrogen-bond acceptors (Lipinski definition) is 7. The Morgan fingerprint density at radius 3 is 2.39 bits per heavy atom. The molecule has 0 aliphatic carbocycles. The zero-order valence-corrected chi connectivity index (χ0v) is 22.9. The smallest absolute Gasteiger partial charge is 0.330 e. The van der Waals surface area contributed by atoms with Crippen molar-refractivity contribution < 1.29 is 17.9 Å². The standard InChI is InChI=1S/C26H33N5O6S/c1-17(2)16-31-23(27)22(24(32)28-26(31)34)30(13-14-37-5)25(33)19-7-6-8-21(15-19)38(35,36)29(4)20-11-9-18(3)10-12-20/h6-12,15,17H,13-14,16,27H2,1-5H3,(H,28,32,34). The molecule has 0 saturated heterocycles. The molecule has 0 fully saturated rings. The number of aromatic amines is 1. The number of rotatable bonds is 10. The summed E-state index contributed by atoms with van der Waals surface area (Å²) in [6.45, 7) is 5.87. The number of amides is 1. The average Bonchev–Trinajstić information content (AvgIpc) is 2.88. The van der Waals surface area contributed by atoms with E-state index >= 15 is 0 Å². The van der Waals surface area contributed by atoms with E-state index in [4.69, 9.17) is 10.5 Å². The molecule has 12 heteroatoms. The molecule has 1 amide bonds. The first kappa shape index (κ1) is 28.7. The maximum Gasteiger partial charge on any atom is 0.330 e. The summed E-state index contributed by atoms with van der Waals surface area (Å²) in [5, 5.41) is 0. The highest BCUT2D eigenvalue weighted by Gasteiger charge is 2.28. The molecule has 0 aliphatic heterocycles. The van der Waals surface area contributed by atoms with Crippen LogP contribution in [0.3, 0.4) is 0 Å². The third-order valence-electron chi connectivity index (χ3n) is 5.93. The van der Waals surface area contributed by atoms with Gasteiger partial charge in [0.15, 0.2) is 5.69 Å². The minimum absolute atomic E-state index is 0.0138. The highest BCUT2D eigenvalue weighted by Crippen LogP contribution is 2.25. The molecular formula is C26H33N5O6S. The molecule has 0 unspecified atom stereocenters. The van der Waals surface area contributed by atoms with Crippen molar-refractivity contribution in [1.82, 2.24) is 9.55 Å². The third-order valence-corrected chi connectivity index (χ3v) is 7.71. The lowest BCUT2D eigenvalue weighted by Gasteiger charge is -2.25. The molecule has 38 heavy (non-hydrogen) atoms. The fourth-order valence-corrected chi connectivity index (χ4v) is 5.12. The van der Waals surface area contributed by atoms with Crippen LogP contribution >= 0.6 is 0 Å². The number of H-pyrrole nitrogens is 1. The quantitative estimate of drug-likeness (QED) is 0.398. The molecule has 3 rings (SSSR count). The van der Waals surface area contributed by atoms with Gasteiger partial charge >= 0.3 is 5.69 Å². The Balaban J connectivity index is 2.08. The Hall–Kier alpha value is -3.90. The van der Waals surface area contributed by atoms with Gasteiger partial charge in [0, 0.05) is 32.8 Å². The largest absolute Gasteiger partial charge is 0.383 e. The highest BCUT2D eigenvalue weighted by atomic mass is 32.2. The van der Waals surface area contributed by atoms with Gasteiger partial charge in [-0.25, -0.2) is 13.2 Å². The summed E-state index contributed by atoms with van der Waals surface area (Å²) < 4.78 is 34.2. The molecule has 204 valence electrons. The molecular weight excluding hydrogens is 510 g/mol. The van der Waals surface area contributed by atoms with Gasteiger partial charge in [-0.1, -0.05) is 37.6 Å². The van der Waals surface area contributed by atoms with Crippen molar-refractivity contribution in [1.29, 1.82) is 0 Å². The van der Waals surface area contributed by atoms with Gasteiger partial charge in [0.1, 0.15) is 5.82 Å². The molecule has 3 N–H and O–H groups in total. The van der Waals surface area contributed by atoms with E-state index < -0.39 is 27.2 Å². The van der Waals surface area contributed by atoms with Crippen molar-refractivity contribution in [3.05, 3.63) is 80.5 Å². The van der Waals surface area contributed by atoms with E-state index in [0.29, 0.717) is 5.69 Å². The average molecular weight is 544 g/mol. The van der Waals surface area contributed by atoms with E-state index in [0.717, 1.165) is 14.8 Å². The SMILES string of the molecule is COCCN(C(=O)c1cccc(S(=O)(=O)N(C)c2ccc(C)cc2)c1)c1c(N)n(CC(C)C)c(=O)[nH]c1=O. The molecule has 11 nitrogen and oxygen atoms in total. The normalized spacial score (nSPS) is 11.5. The molecule has 0 radical (unpaired) electrons. The monoisotopic (exact) mass is 543 g/mol. The number of hydrogen-bond donors (Lipinski definition) is 2. The predicted molar refractivity (Wildman–Crippen MR) is 147 cm³/mol. The predicted octanol–water partition coefficient (Wildman–Crippen LogP) is 2.20. The summed E-state index contributed by atoms with van der Waals surface area (Å²) in [5.41, 5.74) is 5.97. The molecule has 2 aromatic carbocycles. The van der Waals surface area contributed by atoms with E-state index in [2.05, 4.69) is 4.98 Å². The van der Waals surface area contributed by atoms with Crippen molar-refractivity contribution in [2.24, 2.45) is 5.92 Å². The van der Waals surface area contributed by atoms with Crippen LogP contribution in [0.1, 0.15) is 29.8 Å². The number of anilines is 3.